The second-order valence-corrected chi connectivity index (χ2v) is 5.50. The predicted molar refractivity (Wildman–Crippen MR) is 69.3 cm³/mol. The number of hydrogen-bond donors (Lipinski definition) is 0. The van der Waals surface area contributed by atoms with Gasteiger partial charge in [-0.15, -0.1) is 0 Å². The Labute approximate surface area is 113 Å². The van der Waals surface area contributed by atoms with E-state index < -0.39 is 10.3 Å². The summed E-state index contributed by atoms with van der Waals surface area (Å²) in [5, 5.41) is 0. The average Bonchev–Trinajstić information content (AvgIpc) is 2.41. The number of methoxy groups -OCH3 is 2. The molecule has 0 aliphatic heterocycles. The fourth-order valence-corrected chi connectivity index (χ4v) is 2.68. The monoisotopic (exact) mass is 312 g/mol. The largest absolute Gasteiger partial charge is 0.497 e. The lowest BCUT2D eigenvalue weighted by molar-refractivity contribution is -0.142. The van der Waals surface area contributed by atoms with Crippen molar-refractivity contribution in [2.75, 3.05) is 14.2 Å². The summed E-state index contributed by atoms with van der Waals surface area (Å²) in [7, 11) is 2.82. The molecule has 1 aliphatic rings. The molecule has 5 heteroatoms. The maximum absolute atomic E-state index is 12.4. The molecule has 1 unspecified atom stereocenters. The number of fused-ring (bicyclic) bond motifs is 1. The van der Waals surface area contributed by atoms with E-state index in [0.29, 0.717) is 24.2 Å². The van der Waals surface area contributed by atoms with Crippen molar-refractivity contribution < 1.29 is 19.1 Å². The molecule has 0 saturated heterocycles. The second kappa shape index (κ2) is 4.72. The number of rotatable bonds is 2. The van der Waals surface area contributed by atoms with Gasteiger partial charge in [0.25, 0.3) is 0 Å². The molecule has 2 rings (SSSR count). The van der Waals surface area contributed by atoms with Crippen molar-refractivity contribution >= 4 is 27.7 Å². The number of halogens is 1. The smallest absolute Gasteiger partial charge is 0.330 e. The number of Topliss-reactive ketones (excluding diaryl/α,β-unsaturated/α-hetero) is 1. The first-order chi connectivity index (χ1) is 8.52. The van der Waals surface area contributed by atoms with E-state index in [1.54, 1.807) is 6.07 Å². The van der Waals surface area contributed by atoms with Crippen LogP contribution in [0, 0.1) is 0 Å². The molecule has 4 nitrogen and oxygen atoms in total. The van der Waals surface area contributed by atoms with Gasteiger partial charge in [-0.05, 0) is 30.5 Å². The molecule has 0 fully saturated rings. The second-order valence-electron chi connectivity index (χ2n) is 4.14. The molecule has 1 atom stereocenters. The lowest BCUT2D eigenvalue weighted by Crippen LogP contribution is -2.45. The molecule has 18 heavy (non-hydrogen) atoms. The molecule has 96 valence electrons. The van der Waals surface area contributed by atoms with Crippen LogP contribution in [0.2, 0.25) is 0 Å². The Hall–Kier alpha value is -1.36. The number of carbonyl (C=O) groups is 2. The summed E-state index contributed by atoms with van der Waals surface area (Å²) in [6.07, 6.45) is 1.04. The number of hydrogen-bond acceptors (Lipinski definition) is 4. The molecule has 0 amide bonds. The van der Waals surface area contributed by atoms with Gasteiger partial charge in [-0.1, -0.05) is 22.0 Å². The van der Waals surface area contributed by atoms with E-state index >= 15 is 0 Å². The molecule has 0 radical (unpaired) electrons. The van der Waals surface area contributed by atoms with Gasteiger partial charge in [0.1, 0.15) is 5.75 Å². The van der Waals surface area contributed by atoms with Crippen molar-refractivity contribution in [3.8, 4) is 5.75 Å². The molecule has 1 aliphatic carbocycles. The highest BCUT2D eigenvalue weighted by Gasteiger charge is 2.47. The zero-order chi connectivity index (χ0) is 13.3. The number of aryl methyl sites for hydroxylation is 1. The van der Waals surface area contributed by atoms with E-state index in [0.717, 1.165) is 5.56 Å². The predicted octanol–water partition coefficient (Wildman–Crippen LogP) is 2.13. The standard InChI is InChI=1S/C13H13BrO4/c1-17-9-4-3-8-5-6-13(14,12(16)18-2)11(15)10(8)7-9/h3-4,7H,5-6H2,1-2H3. The van der Waals surface area contributed by atoms with Gasteiger partial charge >= 0.3 is 5.97 Å². The molecule has 1 aromatic carbocycles. The van der Waals surface area contributed by atoms with Gasteiger partial charge in [0.15, 0.2) is 10.1 Å². The minimum absolute atomic E-state index is 0.269. The van der Waals surface area contributed by atoms with Crippen molar-refractivity contribution in [2.24, 2.45) is 0 Å². The molecule has 0 N–H and O–H groups in total. The van der Waals surface area contributed by atoms with E-state index in [1.807, 2.05) is 12.1 Å². The van der Waals surface area contributed by atoms with Crippen LogP contribution in [0.15, 0.2) is 18.2 Å². The highest BCUT2D eigenvalue weighted by molar-refractivity contribution is 9.10. The Morgan fingerprint density at radius 3 is 2.72 bits per heavy atom. The minimum atomic E-state index is -1.26. The van der Waals surface area contributed by atoms with Crippen molar-refractivity contribution in [1.82, 2.24) is 0 Å². The van der Waals surface area contributed by atoms with Crippen LogP contribution >= 0.6 is 15.9 Å². The first kappa shape index (κ1) is 13.1. The summed E-state index contributed by atoms with van der Waals surface area (Å²) in [6, 6.07) is 5.33. The highest BCUT2D eigenvalue weighted by atomic mass is 79.9. The Morgan fingerprint density at radius 1 is 1.39 bits per heavy atom. The summed E-state index contributed by atoms with van der Waals surface area (Å²) < 4.78 is 8.53. The van der Waals surface area contributed by atoms with Crippen molar-refractivity contribution in [3.63, 3.8) is 0 Å². The van der Waals surface area contributed by atoms with Gasteiger partial charge in [-0.25, -0.2) is 0 Å². The number of alkyl halides is 1. The zero-order valence-electron chi connectivity index (χ0n) is 10.2. The molecule has 0 heterocycles. The van der Waals surface area contributed by atoms with Gasteiger partial charge in [0, 0.05) is 5.56 Å². The van der Waals surface area contributed by atoms with E-state index in [1.165, 1.54) is 14.2 Å². The summed E-state index contributed by atoms with van der Waals surface area (Å²) in [5.41, 5.74) is 1.45. The molecule has 1 aromatic rings. The number of ether oxygens (including phenoxy) is 2. The fraction of sp³-hybridized carbons (Fsp3) is 0.385. The maximum atomic E-state index is 12.4. The van der Waals surface area contributed by atoms with Crippen molar-refractivity contribution in [2.45, 2.75) is 17.2 Å². The number of benzene rings is 1. The third-order valence-electron chi connectivity index (χ3n) is 3.17. The first-order valence-corrected chi connectivity index (χ1v) is 6.31. The normalized spacial score (nSPS) is 22.3. The Kier molecular flexibility index (Phi) is 3.43. The quantitative estimate of drug-likeness (QED) is 0.477. The van der Waals surface area contributed by atoms with Crippen LogP contribution in [-0.4, -0.2) is 30.3 Å². The van der Waals surface area contributed by atoms with Crippen LogP contribution in [-0.2, 0) is 16.0 Å². The average molecular weight is 313 g/mol. The van der Waals surface area contributed by atoms with Gasteiger partial charge in [0.2, 0.25) is 0 Å². The first-order valence-electron chi connectivity index (χ1n) is 5.52. The molecule has 0 bridgehead atoms. The molecule has 0 spiro atoms. The minimum Gasteiger partial charge on any atom is -0.497 e. The van der Waals surface area contributed by atoms with Gasteiger partial charge in [0.05, 0.1) is 14.2 Å². The Balaban J connectivity index is 2.47. The molecular weight excluding hydrogens is 300 g/mol. The van der Waals surface area contributed by atoms with Crippen LogP contribution in [0.1, 0.15) is 22.3 Å². The number of carbonyl (C=O) groups excluding carboxylic acids is 2. The van der Waals surface area contributed by atoms with E-state index in [2.05, 4.69) is 15.9 Å². The number of esters is 1. The summed E-state index contributed by atoms with van der Waals surface area (Å²) in [4.78, 5) is 24.1. The van der Waals surface area contributed by atoms with Crippen LogP contribution in [0.5, 0.6) is 5.75 Å². The van der Waals surface area contributed by atoms with Crippen LogP contribution in [0.3, 0.4) is 0 Å². The summed E-state index contributed by atoms with van der Waals surface area (Å²) >= 11 is 3.24. The molecule has 0 aromatic heterocycles. The fourth-order valence-electron chi connectivity index (χ4n) is 2.10. The highest BCUT2D eigenvalue weighted by Crippen LogP contribution is 2.37. The van der Waals surface area contributed by atoms with Crippen LogP contribution in [0.4, 0.5) is 0 Å². The van der Waals surface area contributed by atoms with Crippen LogP contribution in [0.25, 0.3) is 0 Å². The maximum Gasteiger partial charge on any atom is 0.330 e. The third-order valence-corrected chi connectivity index (χ3v) is 4.25. The molecule has 0 saturated carbocycles. The summed E-state index contributed by atoms with van der Waals surface area (Å²) in [5.74, 6) is -0.223. The number of ketones is 1. The van der Waals surface area contributed by atoms with Gasteiger partial charge < -0.3 is 9.47 Å². The SMILES string of the molecule is COC(=O)C1(Br)CCc2ccc(OC)cc2C1=O. The van der Waals surface area contributed by atoms with Gasteiger partial charge in [-0.2, -0.15) is 0 Å². The summed E-state index contributed by atoms with van der Waals surface area (Å²) in [6.45, 7) is 0. The Morgan fingerprint density at radius 2 is 2.11 bits per heavy atom. The topological polar surface area (TPSA) is 52.6 Å². The third kappa shape index (κ3) is 1.92. The molecular formula is C13H13BrO4. The zero-order valence-corrected chi connectivity index (χ0v) is 11.7. The Bertz CT molecular complexity index is 512. The lowest BCUT2D eigenvalue weighted by atomic mass is 9.82. The van der Waals surface area contributed by atoms with Crippen molar-refractivity contribution in [3.05, 3.63) is 29.3 Å². The van der Waals surface area contributed by atoms with E-state index in [4.69, 9.17) is 9.47 Å². The van der Waals surface area contributed by atoms with Gasteiger partial charge in [-0.3, -0.25) is 9.59 Å². The van der Waals surface area contributed by atoms with E-state index in [-0.39, 0.29) is 5.78 Å². The van der Waals surface area contributed by atoms with E-state index in [9.17, 15) is 9.59 Å². The van der Waals surface area contributed by atoms with Crippen LogP contribution < -0.4 is 4.74 Å². The lowest BCUT2D eigenvalue weighted by Gasteiger charge is -2.29. The van der Waals surface area contributed by atoms with Crippen molar-refractivity contribution in [1.29, 1.82) is 0 Å².